The number of aromatic nitrogens is 3. The van der Waals surface area contributed by atoms with Gasteiger partial charge in [-0.3, -0.25) is 4.79 Å². The van der Waals surface area contributed by atoms with Crippen molar-refractivity contribution in [2.24, 2.45) is 5.92 Å². The molecule has 0 aromatic carbocycles. The molecule has 0 spiro atoms. The van der Waals surface area contributed by atoms with Gasteiger partial charge in [-0.2, -0.15) is 0 Å². The van der Waals surface area contributed by atoms with Crippen LogP contribution in [0, 0.1) is 12.8 Å². The smallest absolute Gasteiger partial charge is 0.228 e. The van der Waals surface area contributed by atoms with E-state index in [4.69, 9.17) is 4.98 Å². The van der Waals surface area contributed by atoms with E-state index in [-0.39, 0.29) is 5.92 Å². The van der Waals surface area contributed by atoms with Crippen LogP contribution in [0.4, 0.5) is 11.8 Å². The molecule has 6 heteroatoms. The Kier molecular flexibility index (Phi) is 5.84. The van der Waals surface area contributed by atoms with E-state index in [0.717, 1.165) is 55.8 Å². The lowest BCUT2D eigenvalue weighted by Gasteiger charge is -2.35. The molecule has 0 radical (unpaired) electrons. The lowest BCUT2D eigenvalue weighted by Crippen LogP contribution is -2.42. The number of rotatable bonds is 4. The van der Waals surface area contributed by atoms with Gasteiger partial charge in [0.05, 0.1) is 0 Å². The van der Waals surface area contributed by atoms with E-state index in [9.17, 15) is 4.79 Å². The first-order valence-corrected chi connectivity index (χ1v) is 10.5. The van der Waals surface area contributed by atoms with E-state index in [1.807, 2.05) is 31.3 Å². The van der Waals surface area contributed by atoms with Gasteiger partial charge in [-0.05, 0) is 50.3 Å². The predicted molar refractivity (Wildman–Crippen MR) is 109 cm³/mol. The first kappa shape index (κ1) is 18.8. The highest BCUT2D eigenvalue weighted by Gasteiger charge is 2.30. The number of carbonyl (C=O) groups excluding carboxylic acids is 1. The van der Waals surface area contributed by atoms with Crippen molar-refractivity contribution in [2.45, 2.75) is 57.8 Å². The minimum absolute atomic E-state index is 0.266. The van der Waals surface area contributed by atoms with Crippen molar-refractivity contribution < 1.29 is 4.79 Å². The molecule has 1 aliphatic carbocycles. The van der Waals surface area contributed by atoms with Gasteiger partial charge >= 0.3 is 0 Å². The summed E-state index contributed by atoms with van der Waals surface area (Å²) in [5.74, 6) is 2.35. The van der Waals surface area contributed by atoms with Crippen molar-refractivity contribution in [3.8, 4) is 0 Å². The average molecular weight is 380 g/mol. The summed E-state index contributed by atoms with van der Waals surface area (Å²) in [5.41, 5.74) is 2.17. The number of nitrogens with one attached hydrogen (secondary N) is 1. The van der Waals surface area contributed by atoms with Crippen molar-refractivity contribution in [3.63, 3.8) is 0 Å². The molecule has 1 amide bonds. The first-order chi connectivity index (χ1) is 13.7. The van der Waals surface area contributed by atoms with Gasteiger partial charge in [0.25, 0.3) is 0 Å². The van der Waals surface area contributed by atoms with Gasteiger partial charge in [-0.15, -0.1) is 0 Å². The van der Waals surface area contributed by atoms with Gasteiger partial charge in [0.1, 0.15) is 5.82 Å². The first-order valence-electron chi connectivity index (χ1n) is 10.5. The molecule has 1 N–H and O–H groups in total. The van der Waals surface area contributed by atoms with E-state index in [2.05, 4.69) is 20.2 Å². The van der Waals surface area contributed by atoms with Crippen LogP contribution in [0.25, 0.3) is 0 Å². The highest BCUT2D eigenvalue weighted by Crippen LogP contribution is 2.31. The molecule has 6 nitrogen and oxygen atoms in total. The fraction of sp³-hybridized carbons (Fsp3) is 0.545. The maximum atomic E-state index is 12.8. The molecule has 1 aliphatic heterocycles. The summed E-state index contributed by atoms with van der Waals surface area (Å²) in [5, 5.41) is 3.18. The van der Waals surface area contributed by atoms with Crippen LogP contribution >= 0.6 is 0 Å². The molecular formula is C22H29N5O. The zero-order valence-electron chi connectivity index (χ0n) is 16.6. The summed E-state index contributed by atoms with van der Waals surface area (Å²) in [4.78, 5) is 28.2. The predicted octanol–water partition coefficient (Wildman–Crippen LogP) is 4.21. The highest BCUT2D eigenvalue weighted by atomic mass is 16.2. The number of hydrogen-bond donors (Lipinski definition) is 1. The number of piperidine rings is 1. The second-order valence-electron chi connectivity index (χ2n) is 8.09. The number of nitrogens with zero attached hydrogens (tertiary/aromatic N) is 4. The molecule has 2 fully saturated rings. The molecule has 0 bridgehead atoms. The molecule has 148 valence electrons. The Morgan fingerprint density at radius 2 is 1.82 bits per heavy atom. The molecule has 1 saturated heterocycles. The molecule has 3 heterocycles. The topological polar surface area (TPSA) is 71.0 Å². The van der Waals surface area contributed by atoms with Gasteiger partial charge in [0.2, 0.25) is 11.9 Å². The minimum atomic E-state index is 0.266. The van der Waals surface area contributed by atoms with Crippen LogP contribution in [0.3, 0.4) is 0 Å². The van der Waals surface area contributed by atoms with Crippen molar-refractivity contribution in [2.75, 3.05) is 18.4 Å². The van der Waals surface area contributed by atoms with Crippen LogP contribution in [0.5, 0.6) is 0 Å². The number of anilines is 2. The maximum Gasteiger partial charge on any atom is 0.228 e. The summed E-state index contributed by atoms with van der Waals surface area (Å²) < 4.78 is 0. The number of amides is 1. The molecule has 2 aromatic rings. The largest absolute Gasteiger partial charge is 0.342 e. The van der Waals surface area contributed by atoms with Crippen molar-refractivity contribution in [3.05, 3.63) is 41.9 Å². The molecule has 4 rings (SSSR count). The van der Waals surface area contributed by atoms with E-state index in [0.29, 0.717) is 17.8 Å². The molecule has 0 atom stereocenters. The minimum Gasteiger partial charge on any atom is -0.342 e. The summed E-state index contributed by atoms with van der Waals surface area (Å²) >= 11 is 0. The molecule has 2 aromatic heterocycles. The molecular weight excluding hydrogens is 350 g/mol. The van der Waals surface area contributed by atoms with Gasteiger partial charge in [-0.25, -0.2) is 15.0 Å². The van der Waals surface area contributed by atoms with E-state index in [1.165, 1.54) is 19.3 Å². The third-order valence-corrected chi connectivity index (χ3v) is 6.01. The van der Waals surface area contributed by atoms with Gasteiger partial charge < -0.3 is 10.2 Å². The molecule has 28 heavy (non-hydrogen) atoms. The lowest BCUT2D eigenvalue weighted by atomic mass is 9.87. The Labute approximate surface area is 166 Å². The van der Waals surface area contributed by atoms with Crippen LogP contribution in [-0.4, -0.2) is 38.8 Å². The Morgan fingerprint density at radius 1 is 1.04 bits per heavy atom. The number of aryl methyl sites for hydroxylation is 1. The SMILES string of the molecule is Cc1ccc(Nc2nccc(C3CCN(C(=O)C4CCCCC4)CC3)n2)nc1. The van der Waals surface area contributed by atoms with Gasteiger partial charge in [-0.1, -0.05) is 25.3 Å². The standard InChI is InChI=1S/C22H29N5O/c1-16-7-8-20(24-15-16)26-22-23-12-9-19(25-22)17-10-13-27(14-11-17)21(28)18-5-3-2-4-6-18/h7-9,12,15,17-18H,2-6,10-11,13-14H2,1H3,(H,23,24,25,26). The Balaban J connectivity index is 1.35. The molecule has 1 saturated carbocycles. The normalized spacial score (nSPS) is 18.8. The van der Waals surface area contributed by atoms with Crippen LogP contribution in [-0.2, 0) is 4.79 Å². The fourth-order valence-corrected chi connectivity index (χ4v) is 4.32. The Morgan fingerprint density at radius 3 is 2.54 bits per heavy atom. The lowest BCUT2D eigenvalue weighted by molar-refractivity contribution is -0.137. The van der Waals surface area contributed by atoms with E-state index < -0.39 is 0 Å². The quantitative estimate of drug-likeness (QED) is 0.862. The van der Waals surface area contributed by atoms with Crippen LogP contribution in [0.2, 0.25) is 0 Å². The van der Waals surface area contributed by atoms with Crippen molar-refractivity contribution >= 4 is 17.7 Å². The third kappa shape index (κ3) is 4.49. The van der Waals surface area contributed by atoms with Crippen molar-refractivity contribution in [1.29, 1.82) is 0 Å². The fourth-order valence-electron chi connectivity index (χ4n) is 4.32. The van der Waals surface area contributed by atoms with Crippen LogP contribution < -0.4 is 5.32 Å². The number of hydrogen-bond acceptors (Lipinski definition) is 5. The van der Waals surface area contributed by atoms with Crippen molar-refractivity contribution in [1.82, 2.24) is 19.9 Å². The average Bonchev–Trinajstić information content (AvgIpc) is 2.76. The highest BCUT2D eigenvalue weighted by molar-refractivity contribution is 5.79. The third-order valence-electron chi connectivity index (χ3n) is 6.01. The summed E-state index contributed by atoms with van der Waals surface area (Å²) in [6, 6.07) is 5.94. The van der Waals surface area contributed by atoms with Gasteiger partial charge in [0.15, 0.2) is 0 Å². The molecule has 0 unspecified atom stereocenters. The molecule has 2 aliphatic rings. The van der Waals surface area contributed by atoms with Crippen LogP contribution in [0.15, 0.2) is 30.6 Å². The Hall–Kier alpha value is -2.50. The summed E-state index contributed by atoms with van der Waals surface area (Å²) in [7, 11) is 0. The summed E-state index contributed by atoms with van der Waals surface area (Å²) in [6.45, 7) is 3.69. The second-order valence-corrected chi connectivity index (χ2v) is 8.09. The zero-order valence-corrected chi connectivity index (χ0v) is 16.6. The number of carbonyl (C=O) groups is 1. The monoisotopic (exact) mass is 379 g/mol. The summed E-state index contributed by atoms with van der Waals surface area (Å²) in [6.07, 6.45) is 11.4. The maximum absolute atomic E-state index is 12.8. The number of likely N-dealkylation sites (tertiary alicyclic amines) is 1. The zero-order chi connectivity index (χ0) is 19.3. The number of pyridine rings is 1. The van der Waals surface area contributed by atoms with Gasteiger partial charge in [0, 0.05) is 43.0 Å². The van der Waals surface area contributed by atoms with Crippen LogP contribution in [0.1, 0.15) is 62.1 Å². The van der Waals surface area contributed by atoms with E-state index >= 15 is 0 Å². The second kappa shape index (κ2) is 8.67. The Bertz CT molecular complexity index is 793. The van der Waals surface area contributed by atoms with E-state index in [1.54, 1.807) is 6.20 Å².